The number of carbonyl (C=O) groups excluding carboxylic acids is 2. The number of fused-ring (bicyclic) bond motifs is 1. The van der Waals surface area contributed by atoms with E-state index in [0.717, 1.165) is 23.7 Å². The van der Waals surface area contributed by atoms with Crippen LogP contribution in [0.1, 0.15) is 41.4 Å². The second kappa shape index (κ2) is 6.30. The first-order chi connectivity index (χ1) is 11.4. The Labute approximate surface area is 142 Å². The van der Waals surface area contributed by atoms with E-state index in [1.807, 2.05) is 18.0 Å². The van der Waals surface area contributed by atoms with Crippen LogP contribution in [0, 0.1) is 13.8 Å². The molecule has 1 saturated heterocycles. The molecule has 2 amide bonds. The maximum atomic E-state index is 12.8. The van der Waals surface area contributed by atoms with E-state index in [9.17, 15) is 9.59 Å². The molecule has 0 bridgehead atoms. The van der Waals surface area contributed by atoms with Gasteiger partial charge in [-0.15, -0.1) is 0 Å². The number of H-pyrrole nitrogens is 1. The third kappa shape index (κ3) is 3.03. The monoisotopic (exact) mass is 327 g/mol. The van der Waals surface area contributed by atoms with Gasteiger partial charge in [0.2, 0.25) is 5.91 Å². The standard InChI is InChI=1S/C19H25N3O2/c1-12-9-13(2)16-11-18(20-17(16)10-12)19(24)22-7-5-15(6-8-22)21(4)14(3)23/h9-11,15,20H,5-8H2,1-4H3. The summed E-state index contributed by atoms with van der Waals surface area (Å²) in [6, 6.07) is 6.40. The molecule has 1 N–H and O–H groups in total. The number of hydrogen-bond acceptors (Lipinski definition) is 2. The fourth-order valence-electron chi connectivity index (χ4n) is 3.60. The first-order valence-corrected chi connectivity index (χ1v) is 8.49. The van der Waals surface area contributed by atoms with Crippen molar-refractivity contribution in [1.29, 1.82) is 0 Å². The number of aromatic amines is 1. The van der Waals surface area contributed by atoms with Gasteiger partial charge in [-0.3, -0.25) is 9.59 Å². The highest BCUT2D eigenvalue weighted by molar-refractivity contribution is 5.99. The van der Waals surface area contributed by atoms with Crippen LogP contribution in [0.5, 0.6) is 0 Å². The van der Waals surface area contributed by atoms with Crippen molar-refractivity contribution in [2.75, 3.05) is 20.1 Å². The lowest BCUT2D eigenvalue weighted by Crippen LogP contribution is -2.46. The molecule has 0 radical (unpaired) electrons. The summed E-state index contributed by atoms with van der Waals surface area (Å²) in [6.07, 6.45) is 1.67. The van der Waals surface area contributed by atoms with Gasteiger partial charge in [0.1, 0.15) is 5.69 Å². The molecule has 1 aliphatic rings. The Morgan fingerprint density at radius 3 is 2.46 bits per heavy atom. The molecule has 0 atom stereocenters. The summed E-state index contributed by atoms with van der Waals surface area (Å²) in [5.41, 5.74) is 4.04. The van der Waals surface area contributed by atoms with Crippen molar-refractivity contribution < 1.29 is 9.59 Å². The molecule has 5 heteroatoms. The number of nitrogens with zero attached hydrogens (tertiary/aromatic N) is 2. The Balaban J connectivity index is 1.74. The fraction of sp³-hybridized carbons (Fsp3) is 0.474. The Bertz CT molecular complexity index is 785. The molecule has 0 aliphatic carbocycles. The largest absolute Gasteiger partial charge is 0.351 e. The third-order valence-corrected chi connectivity index (χ3v) is 5.12. The molecule has 0 saturated carbocycles. The Morgan fingerprint density at radius 2 is 1.83 bits per heavy atom. The third-order valence-electron chi connectivity index (χ3n) is 5.12. The molecule has 128 valence electrons. The van der Waals surface area contributed by atoms with E-state index in [2.05, 4.69) is 31.0 Å². The van der Waals surface area contributed by atoms with E-state index in [1.54, 1.807) is 11.8 Å². The molecule has 3 rings (SSSR count). The van der Waals surface area contributed by atoms with Crippen LogP contribution in [0.3, 0.4) is 0 Å². The molecule has 1 aliphatic heterocycles. The van der Waals surface area contributed by atoms with Crippen LogP contribution in [0.25, 0.3) is 10.9 Å². The number of aromatic nitrogens is 1. The Kier molecular flexibility index (Phi) is 4.35. The molecular formula is C19H25N3O2. The molecule has 0 unspecified atom stereocenters. The average Bonchev–Trinajstić information content (AvgIpc) is 2.97. The Hall–Kier alpha value is -2.30. The predicted molar refractivity (Wildman–Crippen MR) is 95.1 cm³/mol. The van der Waals surface area contributed by atoms with Crippen molar-refractivity contribution in [1.82, 2.24) is 14.8 Å². The van der Waals surface area contributed by atoms with Crippen LogP contribution < -0.4 is 0 Å². The lowest BCUT2D eigenvalue weighted by Gasteiger charge is -2.36. The normalized spacial score (nSPS) is 15.8. The summed E-state index contributed by atoms with van der Waals surface area (Å²) in [4.78, 5) is 31.2. The van der Waals surface area contributed by atoms with Gasteiger partial charge < -0.3 is 14.8 Å². The number of likely N-dealkylation sites (tertiary alicyclic amines) is 1. The number of carbonyl (C=O) groups is 2. The van der Waals surface area contributed by atoms with Gasteiger partial charge in [0.15, 0.2) is 0 Å². The number of benzene rings is 1. The zero-order valence-corrected chi connectivity index (χ0v) is 14.8. The quantitative estimate of drug-likeness (QED) is 0.922. The zero-order chi connectivity index (χ0) is 17.4. The van der Waals surface area contributed by atoms with Crippen LogP contribution in [0.15, 0.2) is 18.2 Å². The number of aryl methyl sites for hydroxylation is 2. The van der Waals surface area contributed by atoms with E-state index in [1.165, 1.54) is 11.1 Å². The first-order valence-electron chi connectivity index (χ1n) is 8.49. The number of nitrogens with one attached hydrogen (secondary N) is 1. The van der Waals surface area contributed by atoms with Crippen LogP contribution in [0.4, 0.5) is 0 Å². The second-order valence-corrected chi connectivity index (χ2v) is 6.88. The molecule has 1 aromatic heterocycles. The smallest absolute Gasteiger partial charge is 0.270 e. The molecule has 0 spiro atoms. The van der Waals surface area contributed by atoms with E-state index in [-0.39, 0.29) is 17.9 Å². The highest BCUT2D eigenvalue weighted by atomic mass is 16.2. The van der Waals surface area contributed by atoms with Crippen molar-refractivity contribution in [3.05, 3.63) is 35.0 Å². The lowest BCUT2D eigenvalue weighted by molar-refractivity contribution is -0.130. The van der Waals surface area contributed by atoms with Crippen molar-refractivity contribution in [2.45, 2.75) is 39.7 Å². The minimum absolute atomic E-state index is 0.0483. The minimum atomic E-state index is 0.0483. The van der Waals surface area contributed by atoms with E-state index in [0.29, 0.717) is 18.8 Å². The van der Waals surface area contributed by atoms with Gasteiger partial charge in [0, 0.05) is 44.0 Å². The summed E-state index contributed by atoms with van der Waals surface area (Å²) in [5, 5.41) is 1.11. The van der Waals surface area contributed by atoms with Crippen LogP contribution >= 0.6 is 0 Å². The van der Waals surface area contributed by atoms with Gasteiger partial charge in [-0.1, -0.05) is 6.07 Å². The molecular weight excluding hydrogens is 302 g/mol. The van der Waals surface area contributed by atoms with E-state index < -0.39 is 0 Å². The van der Waals surface area contributed by atoms with Gasteiger partial charge in [0.25, 0.3) is 5.91 Å². The van der Waals surface area contributed by atoms with Crippen molar-refractivity contribution in [3.63, 3.8) is 0 Å². The maximum absolute atomic E-state index is 12.8. The summed E-state index contributed by atoms with van der Waals surface area (Å²) in [7, 11) is 1.84. The SMILES string of the molecule is CC(=O)N(C)C1CCN(C(=O)c2cc3c(C)cc(C)cc3[nH]2)CC1. The highest BCUT2D eigenvalue weighted by Crippen LogP contribution is 2.23. The second-order valence-electron chi connectivity index (χ2n) is 6.88. The molecule has 5 nitrogen and oxygen atoms in total. The topological polar surface area (TPSA) is 56.4 Å². The summed E-state index contributed by atoms with van der Waals surface area (Å²) < 4.78 is 0. The molecule has 1 fully saturated rings. The highest BCUT2D eigenvalue weighted by Gasteiger charge is 2.27. The van der Waals surface area contributed by atoms with E-state index in [4.69, 9.17) is 0 Å². The van der Waals surface area contributed by atoms with Gasteiger partial charge >= 0.3 is 0 Å². The van der Waals surface area contributed by atoms with Crippen molar-refractivity contribution in [3.8, 4) is 0 Å². The van der Waals surface area contributed by atoms with E-state index >= 15 is 0 Å². The summed E-state index contributed by atoms with van der Waals surface area (Å²) in [6.45, 7) is 7.10. The number of piperidine rings is 1. The maximum Gasteiger partial charge on any atom is 0.270 e. The minimum Gasteiger partial charge on any atom is -0.351 e. The predicted octanol–water partition coefficient (Wildman–Crippen LogP) is 2.87. The number of amides is 2. The lowest BCUT2D eigenvalue weighted by atomic mass is 10.0. The van der Waals surface area contributed by atoms with Crippen LogP contribution in [-0.4, -0.2) is 52.8 Å². The van der Waals surface area contributed by atoms with Crippen LogP contribution in [-0.2, 0) is 4.79 Å². The van der Waals surface area contributed by atoms with Gasteiger partial charge in [0.05, 0.1) is 0 Å². The molecule has 2 heterocycles. The average molecular weight is 327 g/mol. The van der Waals surface area contributed by atoms with Gasteiger partial charge in [-0.05, 0) is 49.9 Å². The Morgan fingerprint density at radius 1 is 1.17 bits per heavy atom. The molecule has 1 aromatic carbocycles. The van der Waals surface area contributed by atoms with Gasteiger partial charge in [-0.2, -0.15) is 0 Å². The summed E-state index contributed by atoms with van der Waals surface area (Å²) >= 11 is 0. The van der Waals surface area contributed by atoms with Gasteiger partial charge in [-0.25, -0.2) is 0 Å². The first kappa shape index (κ1) is 16.6. The number of hydrogen-bond donors (Lipinski definition) is 1. The fourth-order valence-corrected chi connectivity index (χ4v) is 3.60. The van der Waals surface area contributed by atoms with Crippen molar-refractivity contribution in [2.24, 2.45) is 0 Å². The molecule has 24 heavy (non-hydrogen) atoms. The molecule has 2 aromatic rings. The number of rotatable bonds is 2. The summed E-state index contributed by atoms with van der Waals surface area (Å²) in [5.74, 6) is 0.133. The van der Waals surface area contributed by atoms with Crippen molar-refractivity contribution >= 4 is 22.7 Å². The zero-order valence-electron chi connectivity index (χ0n) is 14.8. The van der Waals surface area contributed by atoms with Crippen LogP contribution in [0.2, 0.25) is 0 Å².